The number of hydrogen-bond donors (Lipinski definition) is 3. The van der Waals surface area contributed by atoms with E-state index in [4.69, 9.17) is 5.73 Å². The number of anilines is 1. The van der Waals surface area contributed by atoms with Crippen molar-refractivity contribution in [3.05, 3.63) is 24.3 Å². The van der Waals surface area contributed by atoms with Gasteiger partial charge in [-0.25, -0.2) is 0 Å². The van der Waals surface area contributed by atoms with E-state index in [1.165, 1.54) is 11.8 Å². The number of thioether (sulfide) groups is 1. The van der Waals surface area contributed by atoms with Crippen LogP contribution in [0.1, 0.15) is 6.42 Å². The lowest BCUT2D eigenvalue weighted by molar-refractivity contribution is -0.117. The summed E-state index contributed by atoms with van der Waals surface area (Å²) in [7, 11) is 0. The fraction of sp³-hybridized carbons (Fsp3) is 0.385. The third kappa shape index (κ3) is 4.25. The van der Waals surface area contributed by atoms with E-state index in [0.717, 1.165) is 23.7 Å². The van der Waals surface area contributed by atoms with Crippen LogP contribution in [0, 0.1) is 5.92 Å². The number of nitrogens with two attached hydrogens (primary N) is 1. The van der Waals surface area contributed by atoms with Gasteiger partial charge in [0.25, 0.3) is 0 Å². The summed E-state index contributed by atoms with van der Waals surface area (Å²) in [5.74, 6) is 0.287. The molecule has 0 radical (unpaired) electrons. The molecule has 0 unspecified atom stereocenters. The molecule has 5 nitrogen and oxygen atoms in total. The highest BCUT2D eigenvalue weighted by Gasteiger charge is 2.20. The van der Waals surface area contributed by atoms with Crippen molar-refractivity contribution < 1.29 is 9.59 Å². The standard InChI is InChI=1S/C13H17N3O2S/c14-12(17)8-19-11-4-2-1-3-10(11)16-13(18)5-9-6-15-7-9/h1-4,9,15H,5-8H2,(H2,14,17)(H,16,18). The number of primary amides is 1. The molecule has 1 aliphatic rings. The second kappa shape index (κ2) is 6.58. The van der Waals surface area contributed by atoms with Gasteiger partial charge in [-0.3, -0.25) is 9.59 Å². The Morgan fingerprint density at radius 2 is 2.11 bits per heavy atom. The van der Waals surface area contributed by atoms with E-state index in [2.05, 4.69) is 10.6 Å². The lowest BCUT2D eigenvalue weighted by atomic mass is 9.99. The van der Waals surface area contributed by atoms with Crippen molar-refractivity contribution in [3.63, 3.8) is 0 Å². The van der Waals surface area contributed by atoms with Crippen molar-refractivity contribution in [1.29, 1.82) is 0 Å². The van der Waals surface area contributed by atoms with Crippen LogP contribution in [0.3, 0.4) is 0 Å². The summed E-state index contributed by atoms with van der Waals surface area (Å²) >= 11 is 1.33. The highest BCUT2D eigenvalue weighted by Crippen LogP contribution is 2.27. The summed E-state index contributed by atoms with van der Waals surface area (Å²) in [6.45, 7) is 1.82. The zero-order valence-corrected chi connectivity index (χ0v) is 11.3. The third-order valence-electron chi connectivity index (χ3n) is 2.87. The molecular weight excluding hydrogens is 262 g/mol. The maximum absolute atomic E-state index is 11.9. The molecule has 4 N–H and O–H groups in total. The molecule has 19 heavy (non-hydrogen) atoms. The highest BCUT2D eigenvalue weighted by atomic mass is 32.2. The molecule has 1 fully saturated rings. The van der Waals surface area contributed by atoms with Crippen LogP contribution in [0.15, 0.2) is 29.2 Å². The largest absolute Gasteiger partial charge is 0.369 e. The average Bonchev–Trinajstić information content (AvgIpc) is 2.33. The van der Waals surface area contributed by atoms with Crippen molar-refractivity contribution in [3.8, 4) is 0 Å². The summed E-state index contributed by atoms with van der Waals surface area (Å²) in [5, 5.41) is 6.03. The van der Waals surface area contributed by atoms with Crippen LogP contribution < -0.4 is 16.4 Å². The smallest absolute Gasteiger partial charge is 0.227 e. The minimum absolute atomic E-state index is 0.0126. The van der Waals surface area contributed by atoms with Crippen molar-refractivity contribution >= 4 is 29.3 Å². The summed E-state index contributed by atoms with van der Waals surface area (Å²) in [5.41, 5.74) is 5.87. The number of para-hydroxylation sites is 1. The molecule has 0 aromatic heterocycles. The molecule has 0 aliphatic carbocycles. The van der Waals surface area contributed by atoms with Crippen LogP contribution in [0.5, 0.6) is 0 Å². The maximum atomic E-state index is 11.9. The predicted octanol–water partition coefficient (Wildman–Crippen LogP) is 0.812. The first-order valence-electron chi connectivity index (χ1n) is 6.16. The Balaban J connectivity index is 1.94. The molecule has 1 aromatic rings. The first-order chi connectivity index (χ1) is 9.15. The Morgan fingerprint density at radius 3 is 2.74 bits per heavy atom. The summed E-state index contributed by atoms with van der Waals surface area (Å²) in [6.07, 6.45) is 0.530. The van der Waals surface area contributed by atoms with Crippen LogP contribution in [-0.2, 0) is 9.59 Å². The second-order valence-electron chi connectivity index (χ2n) is 4.53. The SMILES string of the molecule is NC(=O)CSc1ccccc1NC(=O)CC1CNC1. The molecule has 102 valence electrons. The van der Waals surface area contributed by atoms with Gasteiger partial charge in [-0.1, -0.05) is 12.1 Å². The van der Waals surface area contributed by atoms with E-state index in [1.54, 1.807) is 0 Å². The molecular formula is C13H17N3O2S. The summed E-state index contributed by atoms with van der Waals surface area (Å²) in [4.78, 5) is 23.5. The van der Waals surface area contributed by atoms with Crippen LogP contribution in [-0.4, -0.2) is 30.7 Å². The number of hydrogen-bond acceptors (Lipinski definition) is 4. The number of amides is 2. The van der Waals surface area contributed by atoms with Gasteiger partial charge in [-0.2, -0.15) is 0 Å². The van der Waals surface area contributed by atoms with Gasteiger partial charge in [0.05, 0.1) is 11.4 Å². The van der Waals surface area contributed by atoms with Crippen molar-refractivity contribution in [2.75, 3.05) is 24.2 Å². The Morgan fingerprint density at radius 1 is 1.37 bits per heavy atom. The quantitative estimate of drug-likeness (QED) is 0.673. The van der Waals surface area contributed by atoms with Gasteiger partial charge >= 0.3 is 0 Å². The molecule has 0 saturated carbocycles. The van der Waals surface area contributed by atoms with Gasteiger partial charge in [0, 0.05) is 11.3 Å². The molecule has 1 heterocycles. The van der Waals surface area contributed by atoms with Gasteiger partial charge in [0.15, 0.2) is 0 Å². The topological polar surface area (TPSA) is 84.2 Å². The van der Waals surface area contributed by atoms with Crippen molar-refractivity contribution in [2.45, 2.75) is 11.3 Å². The normalized spacial score (nSPS) is 14.7. The summed E-state index contributed by atoms with van der Waals surface area (Å²) in [6, 6.07) is 7.43. The number of nitrogens with one attached hydrogen (secondary N) is 2. The highest BCUT2D eigenvalue weighted by molar-refractivity contribution is 8.00. The Bertz CT molecular complexity index is 475. The zero-order valence-electron chi connectivity index (χ0n) is 10.5. The average molecular weight is 279 g/mol. The molecule has 0 spiro atoms. The molecule has 1 aromatic carbocycles. The van der Waals surface area contributed by atoms with Crippen LogP contribution in [0.4, 0.5) is 5.69 Å². The van der Waals surface area contributed by atoms with Gasteiger partial charge in [-0.15, -0.1) is 11.8 Å². The monoisotopic (exact) mass is 279 g/mol. The number of benzene rings is 1. The first kappa shape index (κ1) is 13.9. The van der Waals surface area contributed by atoms with Gasteiger partial charge in [0.2, 0.25) is 11.8 Å². The number of carbonyl (C=O) groups is 2. The van der Waals surface area contributed by atoms with E-state index in [1.807, 2.05) is 24.3 Å². The van der Waals surface area contributed by atoms with Gasteiger partial charge < -0.3 is 16.4 Å². The maximum Gasteiger partial charge on any atom is 0.227 e. The summed E-state index contributed by atoms with van der Waals surface area (Å²) < 4.78 is 0. The Kier molecular flexibility index (Phi) is 4.81. The van der Waals surface area contributed by atoms with E-state index in [9.17, 15) is 9.59 Å². The van der Waals surface area contributed by atoms with Gasteiger partial charge in [0.1, 0.15) is 0 Å². The fourth-order valence-electron chi connectivity index (χ4n) is 1.80. The van der Waals surface area contributed by atoms with E-state index < -0.39 is 0 Å². The molecule has 2 amide bonds. The predicted molar refractivity (Wildman–Crippen MR) is 76.0 cm³/mol. The minimum Gasteiger partial charge on any atom is -0.369 e. The van der Waals surface area contributed by atoms with E-state index >= 15 is 0 Å². The lowest BCUT2D eigenvalue weighted by Crippen LogP contribution is -2.43. The third-order valence-corrected chi connectivity index (χ3v) is 3.97. The Labute approximate surface area is 116 Å². The molecule has 0 bridgehead atoms. The van der Waals surface area contributed by atoms with Crippen LogP contribution in [0.25, 0.3) is 0 Å². The van der Waals surface area contributed by atoms with Crippen molar-refractivity contribution in [2.24, 2.45) is 11.7 Å². The van der Waals surface area contributed by atoms with Crippen molar-refractivity contribution in [1.82, 2.24) is 5.32 Å². The van der Waals surface area contributed by atoms with E-state index in [-0.39, 0.29) is 17.6 Å². The lowest BCUT2D eigenvalue weighted by Gasteiger charge is -2.26. The van der Waals surface area contributed by atoms with Crippen LogP contribution in [0.2, 0.25) is 0 Å². The first-order valence-corrected chi connectivity index (χ1v) is 7.14. The molecule has 0 atom stereocenters. The molecule has 2 rings (SSSR count). The molecule has 1 saturated heterocycles. The van der Waals surface area contributed by atoms with Gasteiger partial charge in [-0.05, 0) is 31.1 Å². The van der Waals surface area contributed by atoms with Crippen LogP contribution >= 0.6 is 11.8 Å². The number of rotatable bonds is 6. The zero-order chi connectivity index (χ0) is 13.7. The molecule has 1 aliphatic heterocycles. The van der Waals surface area contributed by atoms with E-state index in [0.29, 0.717) is 12.3 Å². The minimum atomic E-state index is -0.369. The fourth-order valence-corrected chi connectivity index (χ4v) is 2.55. The number of carbonyl (C=O) groups excluding carboxylic acids is 2. The Hall–Kier alpha value is -1.53. The molecule has 6 heteroatoms. The second-order valence-corrected chi connectivity index (χ2v) is 5.54.